The zero-order valence-corrected chi connectivity index (χ0v) is 14.2. The molecular weight excluding hydrogens is 363 g/mol. The van der Waals surface area contributed by atoms with Gasteiger partial charge in [0.25, 0.3) is 0 Å². The average molecular weight is 378 g/mol. The van der Waals surface area contributed by atoms with Gasteiger partial charge >= 0.3 is 0 Å². The average Bonchev–Trinajstić information content (AvgIpc) is 2.65. The third-order valence-corrected chi connectivity index (χ3v) is 5.02. The molecule has 0 spiro atoms. The predicted molar refractivity (Wildman–Crippen MR) is 85.9 cm³/mol. The minimum atomic E-state index is -0.146. The first kappa shape index (κ1) is 15.8. The third kappa shape index (κ3) is 3.02. The number of aromatic nitrogens is 2. The van der Waals surface area contributed by atoms with Crippen molar-refractivity contribution in [2.24, 2.45) is 12.9 Å². The molecule has 1 aromatic heterocycles. The molecule has 0 bridgehead atoms. The third-order valence-electron chi connectivity index (χ3n) is 3.22. The second-order valence-electron chi connectivity index (χ2n) is 4.54. The van der Waals surface area contributed by atoms with Crippen LogP contribution in [-0.2, 0) is 13.5 Å². The molecule has 7 heteroatoms. The molecule has 0 saturated heterocycles. The maximum atomic E-state index is 6.32. The standard InChI is InChI=1S/C13H15BrCl2N4/c1-7-12(15)11(20(2)19-7)6-10(18-17)8-4-3-5-9(14)13(8)16/h3-5,10,18H,6,17H2,1-2H3. The first-order valence-corrected chi connectivity index (χ1v) is 7.58. The summed E-state index contributed by atoms with van der Waals surface area (Å²) in [6.45, 7) is 1.88. The molecule has 2 aromatic rings. The minimum absolute atomic E-state index is 0.146. The molecule has 0 aliphatic carbocycles. The second-order valence-corrected chi connectivity index (χ2v) is 6.15. The van der Waals surface area contributed by atoms with E-state index in [4.69, 9.17) is 29.0 Å². The van der Waals surface area contributed by atoms with Gasteiger partial charge in [-0.15, -0.1) is 0 Å². The van der Waals surface area contributed by atoms with Crippen LogP contribution in [0.2, 0.25) is 10.0 Å². The van der Waals surface area contributed by atoms with Crippen LogP contribution in [0.15, 0.2) is 22.7 Å². The lowest BCUT2D eigenvalue weighted by atomic mass is 10.0. The van der Waals surface area contributed by atoms with Crippen LogP contribution in [0, 0.1) is 6.92 Å². The van der Waals surface area contributed by atoms with E-state index in [2.05, 4.69) is 26.5 Å². The Morgan fingerprint density at radius 2 is 2.10 bits per heavy atom. The number of rotatable bonds is 4. The number of hydrogen-bond donors (Lipinski definition) is 2. The van der Waals surface area contributed by atoms with Crippen LogP contribution in [0.5, 0.6) is 0 Å². The minimum Gasteiger partial charge on any atom is -0.271 e. The summed E-state index contributed by atoms with van der Waals surface area (Å²) >= 11 is 16.0. The molecule has 0 radical (unpaired) electrons. The zero-order chi connectivity index (χ0) is 14.9. The highest BCUT2D eigenvalue weighted by Gasteiger charge is 2.20. The second kappa shape index (κ2) is 6.45. The van der Waals surface area contributed by atoms with Gasteiger partial charge in [-0.1, -0.05) is 35.3 Å². The van der Waals surface area contributed by atoms with Gasteiger partial charge in [-0.2, -0.15) is 5.10 Å². The van der Waals surface area contributed by atoms with E-state index in [0.29, 0.717) is 16.5 Å². The van der Waals surface area contributed by atoms with E-state index in [1.54, 1.807) is 4.68 Å². The van der Waals surface area contributed by atoms with Crippen LogP contribution in [0.3, 0.4) is 0 Å². The van der Waals surface area contributed by atoms with Gasteiger partial charge in [0.05, 0.1) is 27.5 Å². The van der Waals surface area contributed by atoms with Crippen molar-refractivity contribution < 1.29 is 0 Å². The molecule has 0 aliphatic rings. The van der Waals surface area contributed by atoms with E-state index >= 15 is 0 Å². The van der Waals surface area contributed by atoms with Crippen molar-refractivity contribution in [2.45, 2.75) is 19.4 Å². The fraction of sp³-hybridized carbons (Fsp3) is 0.308. The molecule has 1 atom stereocenters. The van der Waals surface area contributed by atoms with Gasteiger partial charge in [0, 0.05) is 17.9 Å². The molecule has 0 saturated carbocycles. The van der Waals surface area contributed by atoms with Gasteiger partial charge < -0.3 is 0 Å². The van der Waals surface area contributed by atoms with E-state index < -0.39 is 0 Å². The molecule has 0 fully saturated rings. The fourth-order valence-corrected chi connectivity index (χ4v) is 3.02. The van der Waals surface area contributed by atoms with Gasteiger partial charge in [0.1, 0.15) is 0 Å². The van der Waals surface area contributed by atoms with Crippen molar-refractivity contribution in [2.75, 3.05) is 0 Å². The molecule has 0 aliphatic heterocycles. The fourth-order valence-electron chi connectivity index (χ4n) is 2.14. The molecule has 2 rings (SSSR count). The van der Waals surface area contributed by atoms with E-state index in [9.17, 15) is 0 Å². The molecular formula is C13H15BrCl2N4. The van der Waals surface area contributed by atoms with Crippen molar-refractivity contribution in [1.82, 2.24) is 15.2 Å². The Balaban J connectivity index is 2.36. The van der Waals surface area contributed by atoms with E-state index in [-0.39, 0.29) is 6.04 Å². The Labute approximate surface area is 136 Å². The Bertz CT molecular complexity index is 627. The van der Waals surface area contributed by atoms with Crippen LogP contribution in [0.4, 0.5) is 0 Å². The molecule has 1 aromatic carbocycles. The van der Waals surface area contributed by atoms with Gasteiger partial charge in [0.2, 0.25) is 0 Å². The van der Waals surface area contributed by atoms with E-state index in [0.717, 1.165) is 21.4 Å². The first-order valence-electron chi connectivity index (χ1n) is 6.03. The monoisotopic (exact) mass is 376 g/mol. The van der Waals surface area contributed by atoms with Crippen LogP contribution >= 0.6 is 39.1 Å². The summed E-state index contributed by atoms with van der Waals surface area (Å²) in [6.07, 6.45) is 0.600. The Morgan fingerprint density at radius 3 is 2.65 bits per heavy atom. The number of nitrogens with two attached hydrogens (primary N) is 1. The molecule has 4 nitrogen and oxygen atoms in total. The zero-order valence-electron chi connectivity index (χ0n) is 11.1. The lowest BCUT2D eigenvalue weighted by Crippen LogP contribution is -2.30. The topological polar surface area (TPSA) is 55.9 Å². The van der Waals surface area contributed by atoms with Crippen molar-refractivity contribution in [3.8, 4) is 0 Å². The Hall–Kier alpha value is -0.590. The number of halogens is 3. The number of benzene rings is 1. The summed E-state index contributed by atoms with van der Waals surface area (Å²) < 4.78 is 2.61. The molecule has 20 heavy (non-hydrogen) atoms. The lowest BCUT2D eigenvalue weighted by Gasteiger charge is -2.18. The highest BCUT2D eigenvalue weighted by atomic mass is 79.9. The molecule has 3 N–H and O–H groups in total. The Morgan fingerprint density at radius 1 is 1.40 bits per heavy atom. The van der Waals surface area contributed by atoms with Crippen molar-refractivity contribution >= 4 is 39.1 Å². The number of nitrogens with one attached hydrogen (secondary N) is 1. The predicted octanol–water partition coefficient (Wildman–Crippen LogP) is 3.54. The molecule has 1 heterocycles. The summed E-state index contributed by atoms with van der Waals surface area (Å²) in [5.41, 5.74) is 5.43. The van der Waals surface area contributed by atoms with Crippen molar-refractivity contribution in [1.29, 1.82) is 0 Å². The van der Waals surface area contributed by atoms with Gasteiger partial charge in [-0.25, -0.2) is 0 Å². The lowest BCUT2D eigenvalue weighted by molar-refractivity contribution is 0.530. The Kier molecular flexibility index (Phi) is 5.09. The number of aryl methyl sites for hydroxylation is 2. The molecule has 108 valence electrons. The summed E-state index contributed by atoms with van der Waals surface area (Å²) in [5, 5.41) is 5.62. The quantitative estimate of drug-likeness (QED) is 0.632. The van der Waals surface area contributed by atoms with E-state index in [1.165, 1.54) is 0 Å². The summed E-state index contributed by atoms with van der Waals surface area (Å²) in [7, 11) is 1.87. The molecule has 0 amide bonds. The van der Waals surface area contributed by atoms with Gasteiger partial charge in [0.15, 0.2) is 0 Å². The molecule has 1 unspecified atom stereocenters. The van der Waals surface area contributed by atoms with Gasteiger partial charge in [-0.3, -0.25) is 16.0 Å². The number of hydrogen-bond acceptors (Lipinski definition) is 3. The highest BCUT2D eigenvalue weighted by Crippen LogP contribution is 2.32. The first-order chi connectivity index (χ1) is 9.45. The van der Waals surface area contributed by atoms with Crippen molar-refractivity contribution in [3.63, 3.8) is 0 Å². The smallest absolute Gasteiger partial charge is 0.0847 e. The summed E-state index contributed by atoms with van der Waals surface area (Å²) in [5.74, 6) is 5.68. The summed E-state index contributed by atoms with van der Waals surface area (Å²) in [4.78, 5) is 0. The van der Waals surface area contributed by atoms with Gasteiger partial charge in [-0.05, 0) is 34.5 Å². The maximum Gasteiger partial charge on any atom is 0.0847 e. The summed E-state index contributed by atoms with van der Waals surface area (Å²) in [6, 6.07) is 5.61. The number of hydrazine groups is 1. The normalized spacial score (nSPS) is 12.7. The highest BCUT2D eigenvalue weighted by molar-refractivity contribution is 9.10. The SMILES string of the molecule is Cc1nn(C)c(CC(NN)c2cccc(Br)c2Cl)c1Cl. The van der Waals surface area contributed by atoms with Crippen LogP contribution in [0.1, 0.15) is 23.0 Å². The maximum absolute atomic E-state index is 6.32. The van der Waals surface area contributed by atoms with Crippen molar-refractivity contribution in [3.05, 3.63) is 49.7 Å². The largest absolute Gasteiger partial charge is 0.271 e. The van der Waals surface area contributed by atoms with Crippen LogP contribution < -0.4 is 11.3 Å². The number of nitrogens with zero attached hydrogens (tertiary/aromatic N) is 2. The van der Waals surface area contributed by atoms with E-state index in [1.807, 2.05) is 32.2 Å². The van der Waals surface area contributed by atoms with Crippen LogP contribution in [0.25, 0.3) is 0 Å². The van der Waals surface area contributed by atoms with Crippen LogP contribution in [-0.4, -0.2) is 9.78 Å².